The maximum atomic E-state index is 9.21. The SMILES string of the molecule is CCC(O)CNc1ccncn1. The molecule has 12 heavy (non-hydrogen) atoms. The summed E-state index contributed by atoms with van der Waals surface area (Å²) in [5, 5.41) is 12.2. The monoisotopic (exact) mass is 167 g/mol. The van der Waals surface area contributed by atoms with Gasteiger partial charge in [-0.2, -0.15) is 0 Å². The van der Waals surface area contributed by atoms with Crippen LogP contribution >= 0.6 is 0 Å². The molecule has 0 bridgehead atoms. The lowest BCUT2D eigenvalue weighted by Crippen LogP contribution is -2.18. The van der Waals surface area contributed by atoms with E-state index in [0.717, 1.165) is 12.2 Å². The van der Waals surface area contributed by atoms with Crippen LogP contribution < -0.4 is 5.32 Å². The third kappa shape index (κ3) is 2.84. The van der Waals surface area contributed by atoms with Gasteiger partial charge in [-0.15, -0.1) is 0 Å². The summed E-state index contributed by atoms with van der Waals surface area (Å²) in [6, 6.07) is 1.77. The third-order valence-electron chi connectivity index (χ3n) is 1.57. The van der Waals surface area contributed by atoms with Gasteiger partial charge in [0.05, 0.1) is 6.10 Å². The lowest BCUT2D eigenvalue weighted by atomic mass is 10.3. The van der Waals surface area contributed by atoms with E-state index in [1.54, 1.807) is 12.3 Å². The average molecular weight is 167 g/mol. The molecule has 0 aliphatic rings. The van der Waals surface area contributed by atoms with Gasteiger partial charge in [-0.3, -0.25) is 0 Å². The first-order valence-electron chi connectivity index (χ1n) is 4.01. The van der Waals surface area contributed by atoms with Crippen molar-refractivity contribution in [3.05, 3.63) is 18.6 Å². The first kappa shape index (κ1) is 8.93. The fraction of sp³-hybridized carbons (Fsp3) is 0.500. The summed E-state index contributed by atoms with van der Waals surface area (Å²) in [5.41, 5.74) is 0. The summed E-state index contributed by atoms with van der Waals surface area (Å²) < 4.78 is 0. The van der Waals surface area contributed by atoms with Crippen LogP contribution in [0.25, 0.3) is 0 Å². The molecular formula is C8H13N3O. The van der Waals surface area contributed by atoms with Crippen LogP contribution in [0, 0.1) is 0 Å². The minimum atomic E-state index is -0.306. The maximum absolute atomic E-state index is 9.21. The van der Waals surface area contributed by atoms with Gasteiger partial charge in [0, 0.05) is 12.7 Å². The van der Waals surface area contributed by atoms with Gasteiger partial charge in [0.2, 0.25) is 0 Å². The van der Waals surface area contributed by atoms with Crippen molar-refractivity contribution in [1.82, 2.24) is 9.97 Å². The van der Waals surface area contributed by atoms with E-state index in [-0.39, 0.29) is 6.10 Å². The summed E-state index contributed by atoms with van der Waals surface area (Å²) in [5.74, 6) is 0.748. The lowest BCUT2D eigenvalue weighted by molar-refractivity contribution is 0.183. The topological polar surface area (TPSA) is 58.0 Å². The third-order valence-corrected chi connectivity index (χ3v) is 1.57. The minimum Gasteiger partial charge on any atom is -0.391 e. The van der Waals surface area contributed by atoms with Crippen molar-refractivity contribution in [1.29, 1.82) is 0 Å². The molecule has 1 aromatic rings. The molecule has 66 valence electrons. The van der Waals surface area contributed by atoms with Gasteiger partial charge < -0.3 is 10.4 Å². The van der Waals surface area contributed by atoms with E-state index in [0.29, 0.717) is 6.54 Å². The molecule has 2 N–H and O–H groups in total. The Morgan fingerprint density at radius 3 is 3.08 bits per heavy atom. The summed E-state index contributed by atoms with van der Waals surface area (Å²) in [7, 11) is 0. The molecule has 1 unspecified atom stereocenters. The van der Waals surface area contributed by atoms with Crippen LogP contribution in [-0.2, 0) is 0 Å². The molecule has 4 heteroatoms. The number of aromatic nitrogens is 2. The number of nitrogens with zero attached hydrogens (tertiary/aromatic N) is 2. The molecule has 0 amide bonds. The highest BCUT2D eigenvalue weighted by Gasteiger charge is 1.99. The van der Waals surface area contributed by atoms with Crippen molar-refractivity contribution in [2.75, 3.05) is 11.9 Å². The number of anilines is 1. The Morgan fingerprint density at radius 2 is 2.50 bits per heavy atom. The van der Waals surface area contributed by atoms with Gasteiger partial charge in [0.1, 0.15) is 12.1 Å². The van der Waals surface area contributed by atoms with E-state index in [1.807, 2.05) is 6.92 Å². The highest BCUT2D eigenvalue weighted by atomic mass is 16.3. The van der Waals surface area contributed by atoms with E-state index in [2.05, 4.69) is 15.3 Å². The Morgan fingerprint density at radius 1 is 1.67 bits per heavy atom. The molecule has 0 spiro atoms. The smallest absolute Gasteiger partial charge is 0.129 e. The predicted octanol–water partition coefficient (Wildman–Crippen LogP) is 0.659. The minimum absolute atomic E-state index is 0.306. The largest absolute Gasteiger partial charge is 0.391 e. The highest BCUT2D eigenvalue weighted by Crippen LogP contribution is 1.98. The molecule has 0 aliphatic carbocycles. The number of aliphatic hydroxyl groups excluding tert-OH is 1. The van der Waals surface area contributed by atoms with Gasteiger partial charge in [-0.1, -0.05) is 6.92 Å². The number of rotatable bonds is 4. The first-order valence-corrected chi connectivity index (χ1v) is 4.01. The standard InChI is InChI=1S/C8H13N3O/c1-2-7(12)5-10-8-3-4-9-6-11-8/h3-4,6-7,12H,2,5H2,1H3,(H,9,10,11). The van der Waals surface area contributed by atoms with Crippen molar-refractivity contribution in [3.63, 3.8) is 0 Å². The highest BCUT2D eigenvalue weighted by molar-refractivity contribution is 5.31. The van der Waals surface area contributed by atoms with Crippen molar-refractivity contribution in [2.45, 2.75) is 19.4 Å². The maximum Gasteiger partial charge on any atom is 0.129 e. The molecule has 4 nitrogen and oxygen atoms in total. The van der Waals surface area contributed by atoms with Crippen molar-refractivity contribution < 1.29 is 5.11 Å². The van der Waals surface area contributed by atoms with Crippen LogP contribution in [0.4, 0.5) is 5.82 Å². The Bertz CT molecular complexity index is 215. The van der Waals surface area contributed by atoms with Crippen LogP contribution in [0.15, 0.2) is 18.6 Å². The van der Waals surface area contributed by atoms with E-state index in [4.69, 9.17) is 0 Å². The van der Waals surface area contributed by atoms with Gasteiger partial charge in [0.25, 0.3) is 0 Å². The van der Waals surface area contributed by atoms with E-state index in [1.165, 1.54) is 6.33 Å². The van der Waals surface area contributed by atoms with E-state index in [9.17, 15) is 5.11 Å². The molecule has 0 saturated carbocycles. The molecule has 1 rings (SSSR count). The molecule has 0 aliphatic heterocycles. The van der Waals surface area contributed by atoms with Gasteiger partial charge in [0.15, 0.2) is 0 Å². The zero-order valence-corrected chi connectivity index (χ0v) is 7.07. The zero-order valence-electron chi connectivity index (χ0n) is 7.07. The quantitative estimate of drug-likeness (QED) is 0.691. The fourth-order valence-electron chi connectivity index (χ4n) is 0.762. The fourth-order valence-corrected chi connectivity index (χ4v) is 0.762. The van der Waals surface area contributed by atoms with Crippen LogP contribution in [0.3, 0.4) is 0 Å². The van der Waals surface area contributed by atoms with Gasteiger partial charge in [-0.25, -0.2) is 9.97 Å². The lowest BCUT2D eigenvalue weighted by Gasteiger charge is -2.08. The van der Waals surface area contributed by atoms with Crippen LogP contribution in [0.1, 0.15) is 13.3 Å². The van der Waals surface area contributed by atoms with E-state index >= 15 is 0 Å². The number of hydrogen-bond acceptors (Lipinski definition) is 4. The second-order valence-corrected chi connectivity index (χ2v) is 2.54. The molecule has 0 fully saturated rings. The van der Waals surface area contributed by atoms with Gasteiger partial charge >= 0.3 is 0 Å². The number of aliphatic hydroxyl groups is 1. The second kappa shape index (κ2) is 4.66. The Labute approximate surface area is 71.7 Å². The Hall–Kier alpha value is -1.16. The predicted molar refractivity (Wildman–Crippen MR) is 46.8 cm³/mol. The average Bonchev–Trinajstić information content (AvgIpc) is 2.16. The van der Waals surface area contributed by atoms with Crippen LogP contribution in [0.2, 0.25) is 0 Å². The summed E-state index contributed by atoms with van der Waals surface area (Å²) in [6.45, 7) is 2.47. The van der Waals surface area contributed by atoms with E-state index < -0.39 is 0 Å². The van der Waals surface area contributed by atoms with Crippen molar-refractivity contribution in [2.24, 2.45) is 0 Å². The van der Waals surface area contributed by atoms with Crippen molar-refractivity contribution >= 4 is 5.82 Å². The molecule has 0 radical (unpaired) electrons. The number of hydrogen-bond donors (Lipinski definition) is 2. The Balaban J connectivity index is 2.33. The Kier molecular flexibility index (Phi) is 3.47. The first-order chi connectivity index (χ1) is 5.83. The second-order valence-electron chi connectivity index (χ2n) is 2.54. The van der Waals surface area contributed by atoms with Crippen LogP contribution in [-0.4, -0.2) is 27.7 Å². The van der Waals surface area contributed by atoms with Crippen LogP contribution in [0.5, 0.6) is 0 Å². The molecular weight excluding hydrogens is 154 g/mol. The van der Waals surface area contributed by atoms with Crippen molar-refractivity contribution in [3.8, 4) is 0 Å². The molecule has 1 atom stereocenters. The summed E-state index contributed by atoms with van der Waals surface area (Å²) >= 11 is 0. The molecule has 0 saturated heterocycles. The molecule has 1 aromatic heterocycles. The molecule has 0 aromatic carbocycles. The molecule has 1 heterocycles. The van der Waals surface area contributed by atoms with Gasteiger partial charge in [-0.05, 0) is 12.5 Å². The summed E-state index contributed by atoms with van der Waals surface area (Å²) in [4.78, 5) is 7.73. The normalized spacial score (nSPS) is 12.5. The zero-order chi connectivity index (χ0) is 8.81. The summed E-state index contributed by atoms with van der Waals surface area (Å²) in [6.07, 6.45) is 3.58. The number of nitrogens with one attached hydrogen (secondary N) is 1.